The minimum absolute atomic E-state index is 0.0112. The Bertz CT molecular complexity index is 1100. The van der Waals surface area contributed by atoms with E-state index in [0.29, 0.717) is 13.2 Å². The number of aryl methyl sites for hydroxylation is 1. The first kappa shape index (κ1) is 22.4. The SMILES string of the molecule is O=C(COC(=O)c1cccc(S(=O)(=O)N2CCOCC2)c1)NC1CCCc2ccccc21. The van der Waals surface area contributed by atoms with E-state index < -0.39 is 28.5 Å². The number of fused-ring (bicyclic) bond motifs is 1. The van der Waals surface area contributed by atoms with Crippen molar-refractivity contribution in [1.29, 1.82) is 0 Å². The Balaban J connectivity index is 1.36. The molecule has 0 aromatic heterocycles. The summed E-state index contributed by atoms with van der Waals surface area (Å²) in [6.45, 7) is 0.768. The molecule has 2 aromatic carbocycles. The summed E-state index contributed by atoms with van der Waals surface area (Å²) in [5.41, 5.74) is 2.40. The number of carbonyl (C=O) groups is 2. The lowest BCUT2D eigenvalue weighted by Gasteiger charge is -2.26. The number of sulfonamides is 1. The van der Waals surface area contributed by atoms with Crippen LogP contribution in [0.2, 0.25) is 0 Å². The van der Waals surface area contributed by atoms with Crippen molar-refractivity contribution >= 4 is 21.9 Å². The van der Waals surface area contributed by atoms with E-state index in [1.807, 2.05) is 18.2 Å². The zero-order chi connectivity index (χ0) is 22.6. The second kappa shape index (κ2) is 9.81. The van der Waals surface area contributed by atoms with Crippen LogP contribution in [-0.4, -0.2) is 57.5 Å². The maximum atomic E-state index is 12.8. The third-order valence-electron chi connectivity index (χ3n) is 5.72. The van der Waals surface area contributed by atoms with Crippen molar-refractivity contribution in [2.24, 2.45) is 0 Å². The minimum Gasteiger partial charge on any atom is -0.452 e. The second-order valence-electron chi connectivity index (χ2n) is 7.83. The monoisotopic (exact) mass is 458 g/mol. The van der Waals surface area contributed by atoms with Gasteiger partial charge in [-0.2, -0.15) is 4.31 Å². The molecule has 170 valence electrons. The largest absolute Gasteiger partial charge is 0.452 e. The highest BCUT2D eigenvalue weighted by Gasteiger charge is 2.27. The van der Waals surface area contributed by atoms with Crippen LogP contribution in [0.25, 0.3) is 0 Å². The molecule has 1 amide bonds. The third-order valence-corrected chi connectivity index (χ3v) is 7.61. The van der Waals surface area contributed by atoms with Crippen LogP contribution in [0, 0.1) is 0 Å². The maximum Gasteiger partial charge on any atom is 0.338 e. The number of amides is 1. The van der Waals surface area contributed by atoms with Gasteiger partial charge in [0.15, 0.2) is 6.61 Å². The standard InChI is InChI=1S/C23H26N2O6S/c26-22(24-21-10-4-6-17-5-1-2-9-20(17)21)16-31-23(27)18-7-3-8-19(15-18)32(28,29)25-11-13-30-14-12-25/h1-3,5,7-9,15,21H,4,6,10-14,16H2,(H,24,26). The van der Waals surface area contributed by atoms with Crippen LogP contribution in [0.5, 0.6) is 0 Å². The van der Waals surface area contributed by atoms with Crippen LogP contribution in [0.1, 0.15) is 40.4 Å². The van der Waals surface area contributed by atoms with Gasteiger partial charge in [0.2, 0.25) is 10.0 Å². The number of nitrogens with zero attached hydrogens (tertiary/aromatic N) is 1. The highest BCUT2D eigenvalue weighted by Crippen LogP contribution is 2.29. The molecule has 1 heterocycles. The highest BCUT2D eigenvalue weighted by molar-refractivity contribution is 7.89. The molecule has 0 saturated carbocycles. The van der Waals surface area contributed by atoms with Crippen molar-refractivity contribution in [2.75, 3.05) is 32.9 Å². The van der Waals surface area contributed by atoms with Gasteiger partial charge in [0, 0.05) is 13.1 Å². The summed E-state index contributed by atoms with van der Waals surface area (Å²) in [6, 6.07) is 13.6. The van der Waals surface area contributed by atoms with Gasteiger partial charge in [-0.3, -0.25) is 4.79 Å². The van der Waals surface area contributed by atoms with E-state index >= 15 is 0 Å². The zero-order valence-corrected chi connectivity index (χ0v) is 18.5. The molecule has 1 saturated heterocycles. The Labute approximate surface area is 187 Å². The maximum absolute atomic E-state index is 12.8. The van der Waals surface area contributed by atoms with Gasteiger partial charge in [0.25, 0.3) is 5.91 Å². The lowest BCUT2D eigenvalue weighted by Crippen LogP contribution is -2.40. The van der Waals surface area contributed by atoms with Crippen LogP contribution in [0.3, 0.4) is 0 Å². The summed E-state index contributed by atoms with van der Waals surface area (Å²) in [5, 5.41) is 2.93. The van der Waals surface area contributed by atoms with Gasteiger partial charge in [-0.25, -0.2) is 13.2 Å². The number of rotatable bonds is 6. The van der Waals surface area contributed by atoms with Crippen molar-refractivity contribution in [1.82, 2.24) is 9.62 Å². The van der Waals surface area contributed by atoms with E-state index in [4.69, 9.17) is 9.47 Å². The fraction of sp³-hybridized carbons (Fsp3) is 0.391. The molecule has 4 rings (SSSR count). The molecule has 8 nitrogen and oxygen atoms in total. The van der Waals surface area contributed by atoms with Crippen LogP contribution >= 0.6 is 0 Å². The van der Waals surface area contributed by atoms with Gasteiger partial charge in [-0.05, 0) is 48.6 Å². The summed E-state index contributed by atoms with van der Waals surface area (Å²) in [6.07, 6.45) is 2.80. The molecule has 1 N–H and O–H groups in total. The molecule has 1 atom stereocenters. The third kappa shape index (κ3) is 5.01. The van der Waals surface area contributed by atoms with Crippen molar-refractivity contribution in [3.8, 4) is 0 Å². The van der Waals surface area contributed by atoms with Crippen molar-refractivity contribution < 1.29 is 27.5 Å². The molecule has 0 radical (unpaired) electrons. The van der Waals surface area contributed by atoms with Gasteiger partial charge in [-0.15, -0.1) is 0 Å². The van der Waals surface area contributed by atoms with Gasteiger partial charge >= 0.3 is 5.97 Å². The number of benzene rings is 2. The fourth-order valence-electron chi connectivity index (χ4n) is 4.07. The molecule has 1 unspecified atom stereocenters. The second-order valence-corrected chi connectivity index (χ2v) is 9.77. The summed E-state index contributed by atoms with van der Waals surface area (Å²) in [4.78, 5) is 24.9. The van der Waals surface area contributed by atoms with E-state index in [0.717, 1.165) is 24.8 Å². The molecule has 32 heavy (non-hydrogen) atoms. The van der Waals surface area contributed by atoms with Crippen LogP contribution in [0.4, 0.5) is 0 Å². The van der Waals surface area contributed by atoms with Gasteiger partial charge < -0.3 is 14.8 Å². The summed E-state index contributed by atoms with van der Waals surface area (Å²) < 4.78 is 37.3. The summed E-state index contributed by atoms with van der Waals surface area (Å²) in [5.74, 6) is -1.14. The van der Waals surface area contributed by atoms with E-state index in [1.54, 1.807) is 0 Å². The first-order valence-electron chi connectivity index (χ1n) is 10.7. The first-order chi connectivity index (χ1) is 15.4. The first-order valence-corrected chi connectivity index (χ1v) is 12.1. The number of carbonyl (C=O) groups excluding carboxylic acids is 2. The molecule has 1 aliphatic heterocycles. The van der Waals surface area contributed by atoms with E-state index in [9.17, 15) is 18.0 Å². The number of hydrogen-bond acceptors (Lipinski definition) is 6. The molecule has 1 fully saturated rings. The number of morpholine rings is 1. The molecule has 0 spiro atoms. The van der Waals surface area contributed by atoms with Gasteiger partial charge in [-0.1, -0.05) is 30.3 Å². The Hall–Kier alpha value is -2.75. The summed E-state index contributed by atoms with van der Waals surface area (Å²) in [7, 11) is -3.73. The van der Waals surface area contributed by atoms with E-state index in [-0.39, 0.29) is 29.6 Å². The number of esters is 1. The molecular weight excluding hydrogens is 432 g/mol. The normalized spacial score (nSPS) is 19.1. The van der Waals surface area contributed by atoms with Crippen molar-refractivity contribution in [2.45, 2.75) is 30.2 Å². The van der Waals surface area contributed by atoms with Gasteiger partial charge in [0.1, 0.15) is 0 Å². The highest BCUT2D eigenvalue weighted by atomic mass is 32.2. The molecule has 9 heteroatoms. The van der Waals surface area contributed by atoms with Gasteiger partial charge in [0.05, 0.1) is 29.7 Å². The Morgan fingerprint density at radius 3 is 2.69 bits per heavy atom. The van der Waals surface area contributed by atoms with Crippen LogP contribution in [0.15, 0.2) is 53.4 Å². The molecular formula is C23H26N2O6S. The number of hydrogen-bond donors (Lipinski definition) is 1. The van der Waals surface area contributed by atoms with Crippen LogP contribution < -0.4 is 5.32 Å². The Morgan fingerprint density at radius 1 is 1.09 bits per heavy atom. The molecule has 2 aromatic rings. The Kier molecular flexibility index (Phi) is 6.88. The predicted molar refractivity (Wildman–Crippen MR) is 117 cm³/mol. The quantitative estimate of drug-likeness (QED) is 0.665. The lowest BCUT2D eigenvalue weighted by molar-refractivity contribution is -0.125. The average Bonchev–Trinajstić information content (AvgIpc) is 2.83. The summed E-state index contributed by atoms with van der Waals surface area (Å²) >= 11 is 0. The fourth-order valence-corrected chi connectivity index (χ4v) is 5.53. The topological polar surface area (TPSA) is 102 Å². The Morgan fingerprint density at radius 2 is 1.88 bits per heavy atom. The van der Waals surface area contributed by atoms with Crippen LogP contribution in [-0.2, 0) is 30.7 Å². The predicted octanol–water partition coefficient (Wildman–Crippen LogP) is 2.06. The molecule has 0 bridgehead atoms. The number of ether oxygens (including phenoxy) is 2. The minimum atomic E-state index is -3.73. The average molecular weight is 459 g/mol. The van der Waals surface area contributed by atoms with Crippen molar-refractivity contribution in [3.05, 3.63) is 65.2 Å². The smallest absolute Gasteiger partial charge is 0.338 e. The lowest BCUT2D eigenvalue weighted by atomic mass is 9.88. The molecule has 2 aliphatic rings. The zero-order valence-electron chi connectivity index (χ0n) is 17.7. The molecule has 1 aliphatic carbocycles. The van der Waals surface area contributed by atoms with E-state index in [1.165, 1.54) is 34.1 Å². The van der Waals surface area contributed by atoms with Crippen molar-refractivity contribution in [3.63, 3.8) is 0 Å². The number of nitrogens with one attached hydrogen (secondary N) is 1. The van der Waals surface area contributed by atoms with E-state index in [2.05, 4.69) is 11.4 Å².